The molecular weight excluding hydrogens is 300 g/mol. The lowest BCUT2D eigenvalue weighted by atomic mass is 9.44. The van der Waals surface area contributed by atoms with Gasteiger partial charge in [0.25, 0.3) is 0 Å². The number of fused-ring (bicyclic) bond motifs is 5. The van der Waals surface area contributed by atoms with Crippen molar-refractivity contribution in [1.82, 2.24) is 0 Å². The van der Waals surface area contributed by atoms with Crippen molar-refractivity contribution in [2.45, 2.75) is 84.3 Å². The maximum atomic E-state index is 12.2. The molecule has 3 nitrogen and oxygen atoms in total. The van der Waals surface area contributed by atoms with Gasteiger partial charge >= 0.3 is 0 Å². The highest BCUT2D eigenvalue weighted by molar-refractivity contribution is 5.79. The second kappa shape index (κ2) is 5.54. The van der Waals surface area contributed by atoms with E-state index in [0.29, 0.717) is 23.5 Å². The second-order valence-corrected chi connectivity index (χ2v) is 10.0. The Morgan fingerprint density at radius 3 is 2.25 bits per heavy atom. The molecule has 0 aromatic carbocycles. The van der Waals surface area contributed by atoms with E-state index < -0.39 is 0 Å². The lowest BCUT2D eigenvalue weighted by Gasteiger charge is -2.62. The third kappa shape index (κ3) is 2.19. The normalized spacial score (nSPS) is 57.0. The molecule has 0 saturated heterocycles. The van der Waals surface area contributed by atoms with Crippen molar-refractivity contribution < 1.29 is 15.0 Å². The molecule has 4 aliphatic carbocycles. The van der Waals surface area contributed by atoms with Crippen molar-refractivity contribution in [2.75, 3.05) is 0 Å². The fraction of sp³-hybridized carbons (Fsp3) is 0.952. The largest absolute Gasteiger partial charge is 0.393 e. The van der Waals surface area contributed by atoms with Crippen LogP contribution in [0, 0.1) is 40.4 Å². The number of aliphatic hydroxyl groups is 2. The van der Waals surface area contributed by atoms with Crippen molar-refractivity contribution in [3.8, 4) is 0 Å². The van der Waals surface area contributed by atoms with E-state index in [9.17, 15) is 15.0 Å². The van der Waals surface area contributed by atoms with Gasteiger partial charge in [-0.2, -0.15) is 0 Å². The molecule has 24 heavy (non-hydrogen) atoms. The Hall–Kier alpha value is -0.410. The quantitative estimate of drug-likeness (QED) is 0.771. The van der Waals surface area contributed by atoms with Gasteiger partial charge in [0.15, 0.2) is 0 Å². The van der Waals surface area contributed by atoms with Crippen LogP contribution < -0.4 is 0 Å². The minimum absolute atomic E-state index is 0.157. The summed E-state index contributed by atoms with van der Waals surface area (Å²) < 4.78 is 0. The highest BCUT2D eigenvalue weighted by atomic mass is 16.3. The third-order valence-electron chi connectivity index (χ3n) is 9.14. The monoisotopic (exact) mass is 334 g/mol. The molecule has 2 N–H and O–H groups in total. The summed E-state index contributed by atoms with van der Waals surface area (Å²) in [5.41, 5.74) is 0.335. The summed E-state index contributed by atoms with van der Waals surface area (Å²) in [6, 6.07) is 0. The topological polar surface area (TPSA) is 57.5 Å². The van der Waals surface area contributed by atoms with Gasteiger partial charge in [-0.15, -0.1) is 0 Å². The molecule has 0 aromatic heterocycles. The van der Waals surface area contributed by atoms with E-state index in [1.54, 1.807) is 6.92 Å². The van der Waals surface area contributed by atoms with Crippen LogP contribution >= 0.6 is 0 Å². The summed E-state index contributed by atoms with van der Waals surface area (Å²) in [4.78, 5) is 12.2. The van der Waals surface area contributed by atoms with Gasteiger partial charge in [0.2, 0.25) is 0 Å². The van der Waals surface area contributed by atoms with Gasteiger partial charge in [-0.3, -0.25) is 4.79 Å². The predicted molar refractivity (Wildman–Crippen MR) is 93.3 cm³/mol. The summed E-state index contributed by atoms with van der Waals surface area (Å²) in [6.07, 6.45) is 7.70. The number of carbonyl (C=O) groups is 1. The molecule has 4 rings (SSSR count). The Balaban J connectivity index is 1.65. The molecule has 0 radical (unpaired) electrons. The Morgan fingerprint density at radius 2 is 1.54 bits per heavy atom. The Bertz CT molecular complexity index is 531. The van der Waals surface area contributed by atoms with Gasteiger partial charge in [-0.25, -0.2) is 0 Å². The van der Waals surface area contributed by atoms with Gasteiger partial charge in [0, 0.05) is 5.92 Å². The summed E-state index contributed by atoms with van der Waals surface area (Å²) in [5, 5.41) is 21.0. The zero-order valence-electron chi connectivity index (χ0n) is 15.5. The number of ketones is 1. The van der Waals surface area contributed by atoms with Crippen LogP contribution in [0.5, 0.6) is 0 Å². The molecule has 0 aromatic rings. The number of aliphatic hydroxyl groups excluding tert-OH is 2. The second-order valence-electron chi connectivity index (χ2n) is 10.0. The fourth-order valence-corrected chi connectivity index (χ4v) is 7.95. The molecule has 0 unspecified atom stereocenters. The van der Waals surface area contributed by atoms with Crippen molar-refractivity contribution in [1.29, 1.82) is 0 Å². The first-order chi connectivity index (χ1) is 11.3. The zero-order chi connectivity index (χ0) is 17.3. The summed E-state index contributed by atoms with van der Waals surface area (Å²) in [5.74, 6) is 2.71. The van der Waals surface area contributed by atoms with Crippen LogP contribution in [0.25, 0.3) is 0 Å². The van der Waals surface area contributed by atoms with Crippen LogP contribution in [0.15, 0.2) is 0 Å². The van der Waals surface area contributed by atoms with Crippen LogP contribution in [0.2, 0.25) is 0 Å². The smallest absolute Gasteiger partial charge is 0.133 e. The average Bonchev–Trinajstić information content (AvgIpc) is 2.87. The maximum Gasteiger partial charge on any atom is 0.133 e. The van der Waals surface area contributed by atoms with Crippen LogP contribution in [0.3, 0.4) is 0 Å². The molecule has 4 aliphatic rings. The van der Waals surface area contributed by atoms with Crippen LogP contribution in [0.1, 0.15) is 72.1 Å². The van der Waals surface area contributed by atoms with Gasteiger partial charge < -0.3 is 10.2 Å². The van der Waals surface area contributed by atoms with E-state index in [1.807, 2.05) is 0 Å². The summed E-state index contributed by atoms with van der Waals surface area (Å²) in [6.45, 7) is 6.53. The first-order valence-corrected chi connectivity index (χ1v) is 10.1. The molecule has 0 bridgehead atoms. The minimum Gasteiger partial charge on any atom is -0.393 e. The fourth-order valence-electron chi connectivity index (χ4n) is 7.95. The molecule has 136 valence electrons. The number of carbonyl (C=O) groups excluding carboxylic acids is 1. The maximum absolute atomic E-state index is 12.2. The Kier molecular flexibility index (Phi) is 3.93. The Morgan fingerprint density at radius 1 is 0.875 bits per heavy atom. The number of hydrogen-bond acceptors (Lipinski definition) is 3. The highest BCUT2D eigenvalue weighted by Gasteiger charge is 2.62. The van der Waals surface area contributed by atoms with Crippen molar-refractivity contribution in [2.24, 2.45) is 40.4 Å². The summed E-state index contributed by atoms with van der Waals surface area (Å²) in [7, 11) is 0. The molecule has 4 saturated carbocycles. The minimum atomic E-state index is -0.273. The van der Waals surface area contributed by atoms with Crippen molar-refractivity contribution in [3.05, 3.63) is 0 Å². The van der Waals surface area contributed by atoms with E-state index in [-0.39, 0.29) is 34.9 Å². The lowest BCUT2D eigenvalue weighted by Crippen LogP contribution is -2.58. The molecule has 9 atom stereocenters. The molecule has 0 heterocycles. The number of hydrogen-bond donors (Lipinski definition) is 2. The van der Waals surface area contributed by atoms with Gasteiger partial charge in [-0.05, 0) is 92.8 Å². The number of Topliss-reactive ketones (excluding diaryl/α,β-unsaturated/α-hetero) is 1. The van der Waals surface area contributed by atoms with E-state index in [2.05, 4.69) is 13.8 Å². The molecule has 0 spiro atoms. The van der Waals surface area contributed by atoms with Crippen LogP contribution in [-0.4, -0.2) is 28.2 Å². The van der Waals surface area contributed by atoms with Gasteiger partial charge in [-0.1, -0.05) is 13.8 Å². The predicted octanol–water partition coefficient (Wildman–Crippen LogP) is 3.57. The SMILES string of the molecule is CC(=O)[C@H]1CC[C@@H]2[C@@H]3C[C@@H](O)[C@@H]4C[C@H](O)CC[C@]4(C)[C@@H]3CC[C@]12C. The van der Waals surface area contributed by atoms with E-state index in [4.69, 9.17) is 0 Å². The molecule has 3 heteroatoms. The standard InChI is InChI=1S/C21H34O3/c1-12(22)15-4-5-16-14-11-19(24)18-10-13(23)6-8-21(18,3)17(14)7-9-20(15,16)2/h13-19,23-24H,4-11H2,1-3H3/t13-,14+,15-,16-,17-,18+,19-,20-,21-/m1/s1. The summed E-state index contributed by atoms with van der Waals surface area (Å²) >= 11 is 0. The van der Waals surface area contributed by atoms with Crippen LogP contribution in [-0.2, 0) is 4.79 Å². The Labute approximate surface area is 146 Å². The van der Waals surface area contributed by atoms with E-state index in [1.165, 1.54) is 12.8 Å². The number of rotatable bonds is 1. The van der Waals surface area contributed by atoms with Crippen molar-refractivity contribution >= 4 is 5.78 Å². The van der Waals surface area contributed by atoms with Gasteiger partial charge in [0.1, 0.15) is 5.78 Å². The molecule has 0 aliphatic heterocycles. The molecule has 0 amide bonds. The highest BCUT2D eigenvalue weighted by Crippen LogP contribution is 2.67. The lowest BCUT2D eigenvalue weighted by molar-refractivity contribution is -0.171. The molecule has 4 fully saturated rings. The van der Waals surface area contributed by atoms with E-state index in [0.717, 1.165) is 38.5 Å². The van der Waals surface area contributed by atoms with Crippen LogP contribution in [0.4, 0.5) is 0 Å². The van der Waals surface area contributed by atoms with Crippen molar-refractivity contribution in [3.63, 3.8) is 0 Å². The first-order valence-electron chi connectivity index (χ1n) is 10.1. The van der Waals surface area contributed by atoms with Gasteiger partial charge in [0.05, 0.1) is 12.2 Å². The van der Waals surface area contributed by atoms with E-state index >= 15 is 0 Å². The zero-order valence-corrected chi connectivity index (χ0v) is 15.5. The first kappa shape index (κ1) is 17.0. The third-order valence-corrected chi connectivity index (χ3v) is 9.14. The molecular formula is C21H34O3. The average molecular weight is 335 g/mol.